The maximum Gasteiger partial charge on any atom is 0.229 e. The van der Waals surface area contributed by atoms with Gasteiger partial charge in [0.25, 0.3) is 0 Å². The number of aromatic nitrogens is 2. The standard InChI is InChI=1S/C23H25ClN4OS/c1-16(17-6-3-2-4-7-17)14-21-26-27-23(30-21)25-22(29)18-10-12-28(13-11-18)20-9-5-8-19(24)15-20/h2-9,15-16,18H,10-14H2,1H3,(H,25,27,29). The molecule has 1 fully saturated rings. The van der Waals surface area contributed by atoms with Crippen LogP contribution in [0.4, 0.5) is 10.8 Å². The molecule has 1 saturated heterocycles. The van der Waals surface area contributed by atoms with Crippen molar-refractivity contribution in [1.82, 2.24) is 10.2 Å². The lowest BCUT2D eigenvalue weighted by Crippen LogP contribution is -2.38. The Bertz CT molecular complexity index is 986. The first-order valence-corrected chi connectivity index (χ1v) is 11.5. The fourth-order valence-electron chi connectivity index (χ4n) is 3.83. The largest absolute Gasteiger partial charge is 0.371 e. The highest BCUT2D eigenvalue weighted by Gasteiger charge is 2.26. The van der Waals surface area contributed by atoms with Gasteiger partial charge in [-0.2, -0.15) is 0 Å². The molecule has 2 aromatic carbocycles. The normalized spacial score (nSPS) is 15.7. The van der Waals surface area contributed by atoms with Gasteiger partial charge in [0.2, 0.25) is 11.0 Å². The lowest BCUT2D eigenvalue weighted by molar-refractivity contribution is -0.120. The number of piperidine rings is 1. The van der Waals surface area contributed by atoms with Crippen LogP contribution in [-0.4, -0.2) is 29.2 Å². The van der Waals surface area contributed by atoms with Gasteiger partial charge in [0.05, 0.1) is 0 Å². The van der Waals surface area contributed by atoms with Crippen LogP contribution >= 0.6 is 22.9 Å². The van der Waals surface area contributed by atoms with Gasteiger partial charge in [-0.3, -0.25) is 4.79 Å². The number of amides is 1. The molecule has 0 aliphatic carbocycles. The maximum absolute atomic E-state index is 12.7. The molecule has 5 nitrogen and oxygen atoms in total. The van der Waals surface area contributed by atoms with E-state index in [2.05, 4.69) is 57.7 Å². The summed E-state index contributed by atoms with van der Waals surface area (Å²) in [7, 11) is 0. The molecular formula is C23H25ClN4OS. The van der Waals surface area contributed by atoms with E-state index < -0.39 is 0 Å². The Kier molecular flexibility index (Phi) is 6.65. The van der Waals surface area contributed by atoms with Crippen LogP contribution in [-0.2, 0) is 11.2 Å². The molecule has 3 aromatic rings. The second kappa shape index (κ2) is 9.58. The topological polar surface area (TPSA) is 58.1 Å². The number of nitrogens with one attached hydrogen (secondary N) is 1. The molecule has 0 bridgehead atoms. The van der Waals surface area contributed by atoms with Gasteiger partial charge in [-0.15, -0.1) is 10.2 Å². The SMILES string of the molecule is CC(Cc1nnc(NC(=O)C2CCN(c3cccc(Cl)c3)CC2)s1)c1ccccc1. The quantitative estimate of drug-likeness (QED) is 0.558. The molecule has 1 amide bonds. The van der Waals surface area contributed by atoms with Crippen molar-refractivity contribution in [2.75, 3.05) is 23.3 Å². The molecule has 7 heteroatoms. The zero-order chi connectivity index (χ0) is 20.9. The van der Waals surface area contributed by atoms with Crippen molar-refractivity contribution < 1.29 is 4.79 Å². The van der Waals surface area contributed by atoms with Crippen molar-refractivity contribution in [2.45, 2.75) is 32.1 Å². The van der Waals surface area contributed by atoms with Crippen LogP contribution < -0.4 is 10.2 Å². The van der Waals surface area contributed by atoms with Crippen LogP contribution in [0.25, 0.3) is 0 Å². The number of hydrogen-bond acceptors (Lipinski definition) is 5. The Morgan fingerprint density at radius 2 is 1.93 bits per heavy atom. The summed E-state index contributed by atoms with van der Waals surface area (Å²) < 4.78 is 0. The number of rotatable bonds is 6. The molecule has 1 aromatic heterocycles. The molecule has 156 valence electrons. The summed E-state index contributed by atoms with van der Waals surface area (Å²) in [5.41, 5.74) is 2.40. The number of halogens is 1. The number of nitrogens with zero attached hydrogens (tertiary/aromatic N) is 3. The Hall–Kier alpha value is -2.44. The van der Waals surface area contributed by atoms with Gasteiger partial charge in [0.1, 0.15) is 5.01 Å². The number of anilines is 2. The van der Waals surface area contributed by atoms with Crippen LogP contribution in [0, 0.1) is 5.92 Å². The summed E-state index contributed by atoms with van der Waals surface area (Å²) in [6.45, 7) is 3.87. The van der Waals surface area contributed by atoms with E-state index in [-0.39, 0.29) is 11.8 Å². The molecule has 1 N–H and O–H groups in total. The minimum Gasteiger partial charge on any atom is -0.371 e. The van der Waals surface area contributed by atoms with Gasteiger partial charge in [-0.25, -0.2) is 0 Å². The fraction of sp³-hybridized carbons (Fsp3) is 0.348. The van der Waals surface area contributed by atoms with Gasteiger partial charge in [0.15, 0.2) is 0 Å². The number of carbonyl (C=O) groups is 1. The molecule has 1 aliphatic heterocycles. The average molecular weight is 441 g/mol. The predicted molar refractivity (Wildman–Crippen MR) is 123 cm³/mol. The molecule has 4 rings (SSSR count). The summed E-state index contributed by atoms with van der Waals surface area (Å²) in [5.74, 6) is 0.397. The van der Waals surface area contributed by atoms with E-state index in [4.69, 9.17) is 11.6 Å². The molecule has 0 saturated carbocycles. The van der Waals surface area contributed by atoms with Crippen molar-refractivity contribution in [3.8, 4) is 0 Å². The van der Waals surface area contributed by atoms with E-state index in [9.17, 15) is 4.79 Å². The average Bonchev–Trinajstić information content (AvgIpc) is 3.21. The van der Waals surface area contributed by atoms with Crippen molar-refractivity contribution in [3.63, 3.8) is 0 Å². The maximum atomic E-state index is 12.7. The number of benzene rings is 2. The molecule has 1 atom stereocenters. The Labute approximate surface area is 186 Å². The summed E-state index contributed by atoms with van der Waals surface area (Å²) in [5, 5.41) is 13.7. The molecule has 2 heterocycles. The number of hydrogen-bond donors (Lipinski definition) is 1. The first kappa shape index (κ1) is 20.8. The van der Waals surface area contributed by atoms with Gasteiger partial charge in [0, 0.05) is 36.1 Å². The van der Waals surface area contributed by atoms with Crippen LogP contribution in [0.3, 0.4) is 0 Å². The molecule has 0 radical (unpaired) electrons. The number of carbonyl (C=O) groups excluding carboxylic acids is 1. The molecule has 30 heavy (non-hydrogen) atoms. The summed E-state index contributed by atoms with van der Waals surface area (Å²) in [4.78, 5) is 15.0. The Morgan fingerprint density at radius 3 is 2.67 bits per heavy atom. The van der Waals surface area contributed by atoms with E-state index in [1.54, 1.807) is 0 Å². The van der Waals surface area contributed by atoms with Crippen LogP contribution in [0.15, 0.2) is 54.6 Å². The van der Waals surface area contributed by atoms with E-state index >= 15 is 0 Å². The first-order valence-electron chi connectivity index (χ1n) is 10.3. The van der Waals surface area contributed by atoms with E-state index in [0.717, 1.165) is 48.1 Å². The lowest BCUT2D eigenvalue weighted by atomic mass is 9.95. The lowest BCUT2D eigenvalue weighted by Gasteiger charge is -2.32. The van der Waals surface area contributed by atoms with E-state index in [1.165, 1.54) is 16.9 Å². The minimum absolute atomic E-state index is 0.00368. The predicted octanol–water partition coefficient (Wildman–Crippen LogP) is 5.39. The summed E-state index contributed by atoms with van der Waals surface area (Å²) >= 11 is 7.57. The fourth-order valence-corrected chi connectivity index (χ4v) is 4.88. The monoisotopic (exact) mass is 440 g/mol. The van der Waals surface area contributed by atoms with Crippen LogP contribution in [0.5, 0.6) is 0 Å². The Balaban J connectivity index is 1.29. The third-order valence-corrected chi connectivity index (χ3v) is 6.68. The van der Waals surface area contributed by atoms with Crippen molar-refractivity contribution in [2.24, 2.45) is 5.92 Å². The molecule has 1 aliphatic rings. The highest BCUT2D eigenvalue weighted by Crippen LogP contribution is 2.28. The van der Waals surface area contributed by atoms with Gasteiger partial charge in [-0.1, -0.05) is 66.3 Å². The molecule has 1 unspecified atom stereocenters. The highest BCUT2D eigenvalue weighted by molar-refractivity contribution is 7.15. The zero-order valence-corrected chi connectivity index (χ0v) is 18.5. The second-order valence-corrected chi connectivity index (χ2v) is 9.25. The molecule has 0 spiro atoms. The summed E-state index contributed by atoms with van der Waals surface area (Å²) in [6, 6.07) is 18.3. The van der Waals surface area contributed by atoms with Crippen LogP contribution in [0.1, 0.15) is 36.3 Å². The third-order valence-electron chi connectivity index (χ3n) is 5.59. The van der Waals surface area contributed by atoms with E-state index in [1.807, 2.05) is 24.3 Å². The van der Waals surface area contributed by atoms with Gasteiger partial charge in [-0.05, 0) is 42.5 Å². The minimum atomic E-state index is -0.00368. The highest BCUT2D eigenvalue weighted by atomic mass is 35.5. The summed E-state index contributed by atoms with van der Waals surface area (Å²) in [6.07, 6.45) is 2.44. The van der Waals surface area contributed by atoms with Crippen molar-refractivity contribution in [1.29, 1.82) is 0 Å². The second-order valence-electron chi connectivity index (χ2n) is 7.75. The van der Waals surface area contributed by atoms with E-state index in [0.29, 0.717) is 11.0 Å². The van der Waals surface area contributed by atoms with Gasteiger partial charge >= 0.3 is 0 Å². The van der Waals surface area contributed by atoms with Crippen LogP contribution in [0.2, 0.25) is 5.02 Å². The Morgan fingerprint density at radius 1 is 1.17 bits per heavy atom. The first-order chi connectivity index (χ1) is 14.6. The third kappa shape index (κ3) is 5.18. The zero-order valence-electron chi connectivity index (χ0n) is 16.9. The van der Waals surface area contributed by atoms with Crippen molar-refractivity contribution in [3.05, 3.63) is 70.2 Å². The molecular weight excluding hydrogens is 416 g/mol. The van der Waals surface area contributed by atoms with Gasteiger partial charge < -0.3 is 10.2 Å². The van der Waals surface area contributed by atoms with Crippen molar-refractivity contribution >= 4 is 39.7 Å². The smallest absolute Gasteiger partial charge is 0.229 e.